The minimum atomic E-state index is -0.537. The molecule has 2 aliphatic heterocycles. The van der Waals surface area contributed by atoms with E-state index in [2.05, 4.69) is 44.0 Å². The number of carbonyl (C=O) groups is 1. The van der Waals surface area contributed by atoms with Crippen LogP contribution in [0.15, 0.2) is 78.4 Å². The Morgan fingerprint density at radius 1 is 1.06 bits per heavy atom. The molecule has 5 rings (SSSR count). The van der Waals surface area contributed by atoms with Crippen LogP contribution in [0, 0.1) is 0 Å². The summed E-state index contributed by atoms with van der Waals surface area (Å²) in [6, 6.07) is 7.56. The molecule has 3 heterocycles. The Kier molecular flexibility index (Phi) is 7.61. The van der Waals surface area contributed by atoms with Gasteiger partial charge >= 0.3 is 6.03 Å². The van der Waals surface area contributed by atoms with E-state index < -0.39 is 6.03 Å². The van der Waals surface area contributed by atoms with Gasteiger partial charge in [-0.15, -0.1) is 0 Å². The normalized spacial score (nSPS) is 18.6. The molecule has 3 N–H and O–H groups in total. The van der Waals surface area contributed by atoms with E-state index in [-0.39, 0.29) is 0 Å². The Morgan fingerprint density at radius 3 is 2.81 bits per heavy atom. The number of aryl methyl sites for hydroxylation is 1. The highest BCUT2D eigenvalue weighted by Crippen LogP contribution is 2.28. The first-order valence-electron chi connectivity index (χ1n) is 12.9. The number of allylic oxidation sites excluding steroid dienone is 4. The lowest BCUT2D eigenvalue weighted by Crippen LogP contribution is -2.32. The number of nitrogens with one attached hydrogen (secondary N) is 1. The number of unbranched alkanes of at least 4 members (excludes halogenated alkanes) is 1. The molecule has 2 amide bonds. The van der Waals surface area contributed by atoms with Crippen LogP contribution in [0.3, 0.4) is 0 Å². The van der Waals surface area contributed by atoms with E-state index >= 15 is 0 Å². The Labute approximate surface area is 212 Å². The zero-order chi connectivity index (χ0) is 24.7. The number of para-hydroxylation sites is 1. The van der Waals surface area contributed by atoms with Crippen LogP contribution in [0.2, 0.25) is 0 Å². The molecule has 3 aliphatic rings. The van der Waals surface area contributed by atoms with Crippen molar-refractivity contribution >= 4 is 22.6 Å². The smallest absolute Gasteiger partial charge is 0.316 e. The Bertz CT molecular complexity index is 1210. The Balaban J connectivity index is 1.09. The number of benzene rings is 1. The zero-order valence-corrected chi connectivity index (χ0v) is 20.7. The number of primary amides is 1. The fraction of sp³-hybridized carbons (Fsp3) is 0.393. The van der Waals surface area contributed by atoms with Crippen LogP contribution in [0.4, 0.5) is 10.5 Å². The largest absolute Gasteiger partial charge is 0.463 e. The molecule has 1 aromatic heterocycles. The zero-order valence-electron chi connectivity index (χ0n) is 20.7. The first-order valence-corrected chi connectivity index (χ1v) is 12.9. The van der Waals surface area contributed by atoms with Gasteiger partial charge < -0.3 is 34.9 Å². The van der Waals surface area contributed by atoms with Gasteiger partial charge in [-0.2, -0.15) is 0 Å². The maximum atomic E-state index is 11.4. The molecule has 0 radical (unpaired) electrons. The first kappa shape index (κ1) is 24.1. The molecular weight excluding hydrogens is 454 g/mol. The summed E-state index contributed by atoms with van der Waals surface area (Å²) in [4.78, 5) is 16.2. The quantitative estimate of drug-likeness (QED) is 0.516. The summed E-state index contributed by atoms with van der Waals surface area (Å²) in [5.74, 6) is 1.63. The summed E-state index contributed by atoms with van der Waals surface area (Å²) in [5.41, 5.74) is 8.41. The number of carbonyl (C=O) groups excluding carboxylic acids is 1. The molecule has 8 heteroatoms. The van der Waals surface area contributed by atoms with E-state index in [0.717, 1.165) is 99.6 Å². The second kappa shape index (κ2) is 11.4. The third kappa shape index (κ3) is 5.76. The standard InChI is InChI=1S/C28H35N5O3/c29-28(34)30-24-19-33(25-12-5-4-11-23(24)25)15-7-6-13-31-14-8-16-32(18-17-31)27-21-35-20-26(36-27)22-9-2-1-3-10-22/h1-2,4-5,9,11-12,19-21H,3,6-8,10,13-18H2,(H3,29,30,34). The fourth-order valence-electron chi connectivity index (χ4n) is 5.10. The van der Waals surface area contributed by atoms with Crippen molar-refractivity contribution in [2.75, 3.05) is 38.0 Å². The van der Waals surface area contributed by atoms with Gasteiger partial charge in [0.25, 0.3) is 0 Å². The maximum Gasteiger partial charge on any atom is 0.316 e. The van der Waals surface area contributed by atoms with Crippen LogP contribution in [0.25, 0.3) is 10.9 Å². The Hall–Kier alpha value is -3.65. The first-order chi connectivity index (χ1) is 17.7. The van der Waals surface area contributed by atoms with Gasteiger partial charge in [-0.3, -0.25) is 0 Å². The van der Waals surface area contributed by atoms with E-state index in [1.807, 2.05) is 24.4 Å². The van der Waals surface area contributed by atoms with Gasteiger partial charge in [0.1, 0.15) is 6.26 Å². The Morgan fingerprint density at radius 2 is 1.94 bits per heavy atom. The van der Waals surface area contributed by atoms with E-state index in [4.69, 9.17) is 15.2 Å². The fourth-order valence-corrected chi connectivity index (χ4v) is 5.10. The van der Waals surface area contributed by atoms with Gasteiger partial charge in [-0.1, -0.05) is 36.4 Å². The molecule has 1 fully saturated rings. The van der Waals surface area contributed by atoms with Crippen molar-refractivity contribution < 1.29 is 14.3 Å². The van der Waals surface area contributed by atoms with Crippen molar-refractivity contribution in [2.24, 2.45) is 5.73 Å². The van der Waals surface area contributed by atoms with E-state index in [1.54, 1.807) is 12.5 Å². The summed E-state index contributed by atoms with van der Waals surface area (Å²) >= 11 is 0. The van der Waals surface area contributed by atoms with Crippen LogP contribution < -0.4 is 11.1 Å². The van der Waals surface area contributed by atoms with Gasteiger partial charge in [0.05, 0.1) is 11.2 Å². The number of hydrogen-bond donors (Lipinski definition) is 2. The van der Waals surface area contributed by atoms with Gasteiger partial charge in [-0.05, 0) is 56.8 Å². The minimum absolute atomic E-state index is 0.537. The number of nitrogens with two attached hydrogens (primary N) is 1. The number of aromatic nitrogens is 1. The topological polar surface area (TPSA) is 85.0 Å². The van der Waals surface area contributed by atoms with Crippen molar-refractivity contribution in [2.45, 2.75) is 38.6 Å². The number of urea groups is 1. The maximum absolute atomic E-state index is 11.4. The molecule has 0 atom stereocenters. The lowest BCUT2D eigenvalue weighted by atomic mass is 10.0. The summed E-state index contributed by atoms with van der Waals surface area (Å²) in [6.45, 7) is 5.95. The average molecular weight is 490 g/mol. The van der Waals surface area contributed by atoms with Crippen molar-refractivity contribution in [1.29, 1.82) is 0 Å². The molecule has 0 spiro atoms. The van der Waals surface area contributed by atoms with Crippen molar-refractivity contribution in [3.05, 3.63) is 78.4 Å². The number of fused-ring (bicyclic) bond motifs is 1. The highest BCUT2D eigenvalue weighted by Gasteiger charge is 2.22. The molecule has 0 bridgehead atoms. The second-order valence-electron chi connectivity index (χ2n) is 9.47. The number of anilines is 1. The highest BCUT2D eigenvalue weighted by molar-refractivity contribution is 6.00. The summed E-state index contributed by atoms with van der Waals surface area (Å²) in [5, 5.41) is 3.76. The van der Waals surface area contributed by atoms with Crippen LogP contribution >= 0.6 is 0 Å². The van der Waals surface area contributed by atoms with Crippen molar-refractivity contribution in [3.8, 4) is 0 Å². The molecule has 2 aromatic rings. The second-order valence-corrected chi connectivity index (χ2v) is 9.47. The van der Waals surface area contributed by atoms with Crippen LogP contribution in [0.5, 0.6) is 0 Å². The average Bonchev–Trinajstić information content (AvgIpc) is 3.08. The predicted octanol–water partition coefficient (Wildman–Crippen LogP) is 4.88. The van der Waals surface area contributed by atoms with Crippen molar-refractivity contribution in [1.82, 2.24) is 14.4 Å². The molecule has 1 aromatic carbocycles. The van der Waals surface area contributed by atoms with Gasteiger partial charge in [0.15, 0.2) is 12.0 Å². The molecular formula is C28H35N5O3. The molecule has 8 nitrogen and oxygen atoms in total. The SMILES string of the molecule is NC(=O)Nc1cn(CCCCN2CCCN(C3=COC=C(C4=CC=CCC4)O3)CC2)c2ccccc12. The number of rotatable bonds is 8. The summed E-state index contributed by atoms with van der Waals surface area (Å²) in [6.07, 6.45) is 17.1. The molecule has 1 aliphatic carbocycles. The van der Waals surface area contributed by atoms with Gasteiger partial charge in [0.2, 0.25) is 5.88 Å². The third-order valence-electron chi connectivity index (χ3n) is 6.96. The van der Waals surface area contributed by atoms with E-state index in [0.29, 0.717) is 0 Å². The van der Waals surface area contributed by atoms with Crippen molar-refractivity contribution in [3.63, 3.8) is 0 Å². The van der Waals surface area contributed by atoms with Crippen LogP contribution in [-0.2, 0) is 16.0 Å². The predicted molar refractivity (Wildman–Crippen MR) is 142 cm³/mol. The lowest BCUT2D eigenvalue weighted by molar-refractivity contribution is 0.127. The molecule has 190 valence electrons. The monoisotopic (exact) mass is 489 g/mol. The van der Waals surface area contributed by atoms with Gasteiger partial charge in [0, 0.05) is 37.8 Å². The number of nitrogens with zero attached hydrogens (tertiary/aromatic N) is 3. The highest BCUT2D eigenvalue weighted by atomic mass is 16.6. The summed E-state index contributed by atoms with van der Waals surface area (Å²) in [7, 11) is 0. The number of hydrogen-bond acceptors (Lipinski definition) is 5. The van der Waals surface area contributed by atoms with E-state index in [1.165, 1.54) is 5.57 Å². The number of ether oxygens (including phenoxy) is 2. The molecule has 0 saturated carbocycles. The third-order valence-corrected chi connectivity index (χ3v) is 6.96. The molecule has 1 saturated heterocycles. The van der Waals surface area contributed by atoms with Crippen LogP contribution in [0.1, 0.15) is 32.1 Å². The lowest BCUT2D eigenvalue weighted by Gasteiger charge is -2.28. The van der Waals surface area contributed by atoms with E-state index in [9.17, 15) is 4.79 Å². The van der Waals surface area contributed by atoms with Gasteiger partial charge in [-0.25, -0.2) is 4.79 Å². The minimum Gasteiger partial charge on any atom is -0.463 e. The number of amides is 2. The summed E-state index contributed by atoms with van der Waals surface area (Å²) < 4.78 is 14.1. The molecule has 0 unspecified atom stereocenters. The van der Waals surface area contributed by atoms with Crippen LogP contribution in [-0.4, -0.2) is 53.1 Å². The molecule has 36 heavy (non-hydrogen) atoms.